The smallest absolute Gasteiger partial charge is 0.239 e. The molecule has 0 fully saturated rings. The molecule has 1 heterocycles. The van der Waals surface area contributed by atoms with Gasteiger partial charge in [-0.25, -0.2) is 4.98 Å². The first-order valence-corrected chi connectivity index (χ1v) is 5.96. The van der Waals surface area contributed by atoms with Gasteiger partial charge in [-0.3, -0.25) is 0 Å². The Bertz CT molecular complexity index is 392. The van der Waals surface area contributed by atoms with Crippen molar-refractivity contribution in [2.75, 3.05) is 44.6 Å². The van der Waals surface area contributed by atoms with E-state index < -0.39 is 0 Å². The quantitative estimate of drug-likeness (QED) is 0.806. The second kappa shape index (κ2) is 5.91. The Morgan fingerprint density at radius 3 is 2.61 bits per heavy atom. The predicted molar refractivity (Wildman–Crippen MR) is 74.5 cm³/mol. The van der Waals surface area contributed by atoms with Crippen LogP contribution in [0.3, 0.4) is 0 Å². The van der Waals surface area contributed by atoms with E-state index in [2.05, 4.69) is 10.3 Å². The van der Waals surface area contributed by atoms with Crippen LogP contribution in [-0.2, 0) is 0 Å². The monoisotopic (exact) mass is 253 g/mol. The number of anilines is 2. The van der Waals surface area contributed by atoms with Crippen molar-refractivity contribution in [1.82, 2.24) is 4.98 Å². The molecule has 0 spiro atoms. The SMILES string of the molecule is COc1nccc(N(C)C)c1NCC(C)(C)CO. The molecule has 0 aliphatic heterocycles. The first-order valence-electron chi connectivity index (χ1n) is 5.96. The molecule has 2 N–H and O–H groups in total. The van der Waals surface area contributed by atoms with Gasteiger partial charge in [0.25, 0.3) is 0 Å². The van der Waals surface area contributed by atoms with E-state index >= 15 is 0 Å². The van der Waals surface area contributed by atoms with Crippen LogP contribution in [0, 0.1) is 5.41 Å². The summed E-state index contributed by atoms with van der Waals surface area (Å²) in [5.74, 6) is 0.565. The molecule has 1 aromatic rings. The summed E-state index contributed by atoms with van der Waals surface area (Å²) in [7, 11) is 5.54. The number of pyridine rings is 1. The van der Waals surface area contributed by atoms with Crippen molar-refractivity contribution in [3.05, 3.63) is 12.3 Å². The lowest BCUT2D eigenvalue weighted by molar-refractivity contribution is 0.170. The lowest BCUT2D eigenvalue weighted by atomic mass is 9.95. The lowest BCUT2D eigenvalue weighted by Crippen LogP contribution is -2.27. The Morgan fingerprint density at radius 2 is 2.11 bits per heavy atom. The van der Waals surface area contributed by atoms with Crippen LogP contribution in [0.25, 0.3) is 0 Å². The molecule has 18 heavy (non-hydrogen) atoms. The Labute approximate surface area is 109 Å². The van der Waals surface area contributed by atoms with E-state index in [1.54, 1.807) is 13.3 Å². The number of nitrogens with one attached hydrogen (secondary N) is 1. The minimum Gasteiger partial charge on any atom is -0.479 e. The largest absolute Gasteiger partial charge is 0.479 e. The van der Waals surface area contributed by atoms with Gasteiger partial charge in [0.1, 0.15) is 5.69 Å². The third kappa shape index (κ3) is 3.50. The van der Waals surface area contributed by atoms with Gasteiger partial charge in [0.15, 0.2) is 0 Å². The summed E-state index contributed by atoms with van der Waals surface area (Å²) in [6, 6.07) is 1.93. The van der Waals surface area contributed by atoms with E-state index in [0.717, 1.165) is 11.4 Å². The van der Waals surface area contributed by atoms with Crippen LogP contribution < -0.4 is 15.0 Å². The summed E-state index contributed by atoms with van der Waals surface area (Å²) in [5.41, 5.74) is 1.67. The van der Waals surface area contributed by atoms with Gasteiger partial charge in [0.2, 0.25) is 5.88 Å². The third-order valence-electron chi connectivity index (χ3n) is 2.74. The zero-order chi connectivity index (χ0) is 13.8. The van der Waals surface area contributed by atoms with Crippen LogP contribution in [-0.4, -0.2) is 44.4 Å². The summed E-state index contributed by atoms with van der Waals surface area (Å²) in [6.07, 6.45) is 1.72. The Balaban J connectivity index is 2.98. The fraction of sp³-hybridized carbons (Fsp3) is 0.615. The van der Waals surface area contributed by atoms with Gasteiger partial charge in [-0.2, -0.15) is 0 Å². The molecule has 102 valence electrons. The molecular formula is C13H23N3O2. The van der Waals surface area contributed by atoms with Crippen molar-refractivity contribution < 1.29 is 9.84 Å². The van der Waals surface area contributed by atoms with Gasteiger partial charge in [-0.05, 0) is 6.07 Å². The molecule has 0 aliphatic rings. The van der Waals surface area contributed by atoms with Gasteiger partial charge in [0.05, 0.1) is 12.8 Å². The normalized spacial score (nSPS) is 11.2. The molecular weight excluding hydrogens is 230 g/mol. The maximum Gasteiger partial charge on any atom is 0.239 e. The summed E-state index contributed by atoms with van der Waals surface area (Å²) < 4.78 is 5.27. The highest BCUT2D eigenvalue weighted by molar-refractivity contribution is 5.74. The van der Waals surface area contributed by atoms with Gasteiger partial charge < -0.3 is 20.1 Å². The van der Waals surface area contributed by atoms with Crippen molar-refractivity contribution in [2.24, 2.45) is 5.41 Å². The fourth-order valence-corrected chi connectivity index (χ4v) is 1.51. The number of aliphatic hydroxyl groups is 1. The average Bonchev–Trinajstić information content (AvgIpc) is 2.35. The van der Waals surface area contributed by atoms with Crippen LogP contribution in [0.5, 0.6) is 5.88 Å². The van der Waals surface area contributed by atoms with E-state index in [4.69, 9.17) is 4.74 Å². The first kappa shape index (κ1) is 14.6. The molecule has 0 saturated carbocycles. The standard InChI is InChI=1S/C13H23N3O2/c1-13(2,9-17)8-15-11-10(16(3)4)6-7-14-12(11)18-5/h6-7,15,17H,8-9H2,1-5H3. The van der Waals surface area contributed by atoms with Crippen molar-refractivity contribution in [3.63, 3.8) is 0 Å². The second-order valence-corrected chi connectivity index (χ2v) is 5.28. The number of methoxy groups -OCH3 is 1. The summed E-state index contributed by atoms with van der Waals surface area (Å²) in [4.78, 5) is 6.19. The van der Waals surface area contributed by atoms with Gasteiger partial charge >= 0.3 is 0 Å². The maximum absolute atomic E-state index is 9.28. The molecule has 0 aliphatic carbocycles. The van der Waals surface area contributed by atoms with Crippen LogP contribution in [0.15, 0.2) is 12.3 Å². The number of nitrogens with zero attached hydrogens (tertiary/aromatic N) is 2. The Hall–Kier alpha value is -1.49. The van der Waals surface area contributed by atoms with Crippen LogP contribution in [0.4, 0.5) is 11.4 Å². The topological polar surface area (TPSA) is 57.6 Å². The molecule has 0 unspecified atom stereocenters. The van der Waals surface area contributed by atoms with Crippen LogP contribution >= 0.6 is 0 Å². The minimum absolute atomic E-state index is 0.125. The summed E-state index contributed by atoms with van der Waals surface area (Å²) in [6.45, 7) is 4.77. The van der Waals surface area contributed by atoms with E-state index in [0.29, 0.717) is 12.4 Å². The number of aliphatic hydroxyl groups excluding tert-OH is 1. The molecule has 0 radical (unpaired) electrons. The minimum atomic E-state index is -0.190. The molecule has 1 rings (SSSR count). The summed E-state index contributed by atoms with van der Waals surface area (Å²) >= 11 is 0. The number of ether oxygens (including phenoxy) is 1. The molecule has 1 aromatic heterocycles. The van der Waals surface area contributed by atoms with E-state index in [-0.39, 0.29) is 12.0 Å². The molecule has 5 nitrogen and oxygen atoms in total. The second-order valence-electron chi connectivity index (χ2n) is 5.28. The number of aromatic nitrogens is 1. The molecule has 5 heteroatoms. The van der Waals surface area contributed by atoms with Gasteiger partial charge in [0, 0.05) is 38.9 Å². The summed E-state index contributed by atoms with van der Waals surface area (Å²) in [5, 5.41) is 12.6. The maximum atomic E-state index is 9.28. The average molecular weight is 253 g/mol. The third-order valence-corrected chi connectivity index (χ3v) is 2.74. The highest BCUT2D eigenvalue weighted by atomic mass is 16.5. The van der Waals surface area contributed by atoms with Gasteiger partial charge in [-0.15, -0.1) is 0 Å². The Morgan fingerprint density at radius 1 is 1.44 bits per heavy atom. The van der Waals surface area contributed by atoms with E-state index in [1.165, 1.54) is 0 Å². The van der Waals surface area contributed by atoms with Crippen molar-refractivity contribution in [3.8, 4) is 5.88 Å². The van der Waals surface area contributed by atoms with Crippen molar-refractivity contribution in [1.29, 1.82) is 0 Å². The lowest BCUT2D eigenvalue weighted by Gasteiger charge is -2.25. The van der Waals surface area contributed by atoms with Crippen molar-refractivity contribution >= 4 is 11.4 Å². The zero-order valence-corrected chi connectivity index (χ0v) is 11.8. The number of hydrogen-bond donors (Lipinski definition) is 2. The Kier molecular flexibility index (Phi) is 4.78. The molecule has 0 aromatic carbocycles. The first-order chi connectivity index (χ1) is 8.41. The molecule has 0 amide bonds. The molecule has 0 bridgehead atoms. The van der Waals surface area contributed by atoms with Crippen molar-refractivity contribution in [2.45, 2.75) is 13.8 Å². The van der Waals surface area contributed by atoms with Gasteiger partial charge in [-0.1, -0.05) is 13.8 Å². The van der Waals surface area contributed by atoms with E-state index in [9.17, 15) is 5.11 Å². The number of rotatable bonds is 6. The highest BCUT2D eigenvalue weighted by Crippen LogP contribution is 2.32. The highest BCUT2D eigenvalue weighted by Gasteiger charge is 2.19. The zero-order valence-electron chi connectivity index (χ0n) is 11.8. The number of hydrogen-bond acceptors (Lipinski definition) is 5. The van der Waals surface area contributed by atoms with Crippen LogP contribution in [0.1, 0.15) is 13.8 Å². The molecule has 0 saturated heterocycles. The van der Waals surface area contributed by atoms with E-state index in [1.807, 2.05) is 38.9 Å². The fourth-order valence-electron chi connectivity index (χ4n) is 1.51. The molecule has 0 atom stereocenters. The van der Waals surface area contributed by atoms with Crippen LogP contribution in [0.2, 0.25) is 0 Å². The predicted octanol–water partition coefficient (Wildman–Crippen LogP) is 1.59.